The zero-order valence-electron chi connectivity index (χ0n) is 9.42. The van der Waals surface area contributed by atoms with Crippen molar-refractivity contribution in [3.63, 3.8) is 0 Å². The standard InChI is InChI=1S/C12H19NOS/c1-10-8-12(15-7-3-6-14)5-4-11(10)9-13-2/h4-5,8,13-14H,3,6-7,9H2,1-2H3. The van der Waals surface area contributed by atoms with Crippen molar-refractivity contribution in [1.29, 1.82) is 0 Å². The van der Waals surface area contributed by atoms with E-state index in [-0.39, 0.29) is 6.61 Å². The molecule has 0 aliphatic carbocycles. The molecule has 0 spiro atoms. The van der Waals surface area contributed by atoms with Gasteiger partial charge in [0.05, 0.1) is 0 Å². The molecular weight excluding hydrogens is 206 g/mol. The highest BCUT2D eigenvalue weighted by Crippen LogP contribution is 2.21. The van der Waals surface area contributed by atoms with Crippen molar-refractivity contribution >= 4 is 11.8 Å². The van der Waals surface area contributed by atoms with Crippen molar-refractivity contribution in [2.75, 3.05) is 19.4 Å². The summed E-state index contributed by atoms with van der Waals surface area (Å²) in [6.07, 6.45) is 0.863. The van der Waals surface area contributed by atoms with Crippen molar-refractivity contribution in [2.24, 2.45) is 0 Å². The highest BCUT2D eigenvalue weighted by Gasteiger charge is 1.99. The Kier molecular flexibility index (Phi) is 5.76. The van der Waals surface area contributed by atoms with Gasteiger partial charge in [0.1, 0.15) is 0 Å². The summed E-state index contributed by atoms with van der Waals surface area (Å²) in [6, 6.07) is 6.55. The second-order valence-electron chi connectivity index (χ2n) is 3.54. The maximum absolute atomic E-state index is 8.69. The molecule has 0 aliphatic heterocycles. The van der Waals surface area contributed by atoms with Crippen LogP contribution < -0.4 is 5.32 Å². The number of benzene rings is 1. The Balaban J connectivity index is 2.56. The van der Waals surface area contributed by atoms with Gasteiger partial charge in [-0.2, -0.15) is 0 Å². The fourth-order valence-electron chi connectivity index (χ4n) is 1.40. The number of rotatable bonds is 6. The molecule has 1 aromatic rings. The Morgan fingerprint density at radius 2 is 2.20 bits per heavy atom. The highest BCUT2D eigenvalue weighted by molar-refractivity contribution is 7.99. The van der Waals surface area contributed by atoms with Gasteiger partial charge in [-0.1, -0.05) is 6.07 Å². The van der Waals surface area contributed by atoms with E-state index in [9.17, 15) is 0 Å². The van der Waals surface area contributed by atoms with Crippen LogP contribution in [0.15, 0.2) is 23.1 Å². The van der Waals surface area contributed by atoms with Gasteiger partial charge in [0.25, 0.3) is 0 Å². The van der Waals surface area contributed by atoms with Gasteiger partial charge in [0.2, 0.25) is 0 Å². The molecule has 0 heterocycles. The van der Waals surface area contributed by atoms with Crippen molar-refractivity contribution in [3.05, 3.63) is 29.3 Å². The number of hydrogen-bond acceptors (Lipinski definition) is 3. The van der Waals surface area contributed by atoms with Crippen LogP contribution in [0.3, 0.4) is 0 Å². The summed E-state index contributed by atoms with van der Waals surface area (Å²) in [5.74, 6) is 0.987. The van der Waals surface area contributed by atoms with Crippen molar-refractivity contribution < 1.29 is 5.11 Å². The second kappa shape index (κ2) is 6.88. The van der Waals surface area contributed by atoms with Crippen LogP contribution in [0.1, 0.15) is 17.5 Å². The second-order valence-corrected chi connectivity index (χ2v) is 4.71. The van der Waals surface area contributed by atoms with Crippen LogP contribution in [0.25, 0.3) is 0 Å². The third kappa shape index (κ3) is 4.24. The zero-order valence-corrected chi connectivity index (χ0v) is 10.2. The SMILES string of the molecule is CNCc1ccc(SCCCO)cc1C. The number of thioether (sulfide) groups is 1. The average molecular weight is 225 g/mol. The van der Waals surface area contributed by atoms with Gasteiger partial charge in [0, 0.05) is 23.8 Å². The predicted molar refractivity (Wildman–Crippen MR) is 66.4 cm³/mol. The summed E-state index contributed by atoms with van der Waals surface area (Å²) in [6.45, 7) is 3.35. The molecule has 0 bridgehead atoms. The van der Waals surface area contributed by atoms with Crippen molar-refractivity contribution in [2.45, 2.75) is 24.8 Å². The largest absolute Gasteiger partial charge is 0.396 e. The van der Waals surface area contributed by atoms with Crippen molar-refractivity contribution in [1.82, 2.24) is 5.32 Å². The predicted octanol–water partition coefficient (Wildman–Crippen LogP) is 2.19. The third-order valence-electron chi connectivity index (χ3n) is 2.25. The molecule has 84 valence electrons. The first kappa shape index (κ1) is 12.6. The van der Waals surface area contributed by atoms with Gasteiger partial charge >= 0.3 is 0 Å². The molecule has 3 heteroatoms. The monoisotopic (exact) mass is 225 g/mol. The Morgan fingerprint density at radius 3 is 2.80 bits per heavy atom. The lowest BCUT2D eigenvalue weighted by molar-refractivity contribution is 0.296. The van der Waals surface area contributed by atoms with Crippen LogP contribution in [0.2, 0.25) is 0 Å². The third-order valence-corrected chi connectivity index (χ3v) is 3.33. The fourth-order valence-corrected chi connectivity index (χ4v) is 2.34. The van der Waals surface area contributed by atoms with E-state index in [4.69, 9.17) is 5.11 Å². The van der Waals surface area contributed by atoms with E-state index in [0.29, 0.717) is 0 Å². The summed E-state index contributed by atoms with van der Waals surface area (Å²) < 4.78 is 0. The molecule has 0 aliphatic rings. The fraction of sp³-hybridized carbons (Fsp3) is 0.500. The minimum Gasteiger partial charge on any atom is -0.396 e. The Labute approximate surface area is 96.1 Å². The molecule has 0 saturated heterocycles. The minimum absolute atomic E-state index is 0.282. The molecule has 0 radical (unpaired) electrons. The molecule has 2 N–H and O–H groups in total. The molecule has 0 unspecified atom stereocenters. The number of aliphatic hydroxyl groups excluding tert-OH is 1. The van der Waals surface area contributed by atoms with E-state index in [2.05, 4.69) is 30.4 Å². The molecule has 0 saturated carbocycles. The lowest BCUT2D eigenvalue weighted by Gasteiger charge is -2.07. The average Bonchev–Trinajstić information content (AvgIpc) is 2.23. The lowest BCUT2D eigenvalue weighted by Crippen LogP contribution is -2.06. The van der Waals surface area contributed by atoms with E-state index >= 15 is 0 Å². The van der Waals surface area contributed by atoms with E-state index in [1.54, 1.807) is 11.8 Å². The highest BCUT2D eigenvalue weighted by atomic mass is 32.2. The summed E-state index contributed by atoms with van der Waals surface area (Å²) in [7, 11) is 1.96. The summed E-state index contributed by atoms with van der Waals surface area (Å²) in [5.41, 5.74) is 2.68. The number of hydrogen-bond donors (Lipinski definition) is 2. The van der Waals surface area contributed by atoms with E-state index < -0.39 is 0 Å². The molecule has 0 fully saturated rings. The van der Waals surface area contributed by atoms with Crippen LogP contribution in [0, 0.1) is 6.92 Å². The van der Waals surface area contributed by atoms with E-state index in [0.717, 1.165) is 18.7 Å². The van der Waals surface area contributed by atoms with Gasteiger partial charge in [0.15, 0.2) is 0 Å². The van der Waals surface area contributed by atoms with E-state index in [1.165, 1.54) is 16.0 Å². The lowest BCUT2D eigenvalue weighted by atomic mass is 10.1. The summed E-state index contributed by atoms with van der Waals surface area (Å²) in [5, 5.41) is 11.8. The maximum Gasteiger partial charge on any atom is 0.0439 e. The molecule has 2 nitrogen and oxygen atoms in total. The van der Waals surface area contributed by atoms with Crippen molar-refractivity contribution in [3.8, 4) is 0 Å². The Bertz CT molecular complexity index is 302. The van der Waals surface area contributed by atoms with Gasteiger partial charge < -0.3 is 10.4 Å². The first-order valence-corrected chi connectivity index (χ1v) is 6.24. The maximum atomic E-state index is 8.69. The molecule has 15 heavy (non-hydrogen) atoms. The normalized spacial score (nSPS) is 10.6. The topological polar surface area (TPSA) is 32.3 Å². The molecule has 1 aromatic carbocycles. The molecular formula is C12H19NOS. The zero-order chi connectivity index (χ0) is 11.1. The van der Waals surface area contributed by atoms with Gasteiger partial charge in [-0.25, -0.2) is 0 Å². The van der Waals surface area contributed by atoms with Crippen LogP contribution in [-0.4, -0.2) is 24.5 Å². The van der Waals surface area contributed by atoms with Crippen LogP contribution >= 0.6 is 11.8 Å². The van der Waals surface area contributed by atoms with Gasteiger partial charge in [-0.3, -0.25) is 0 Å². The summed E-state index contributed by atoms with van der Waals surface area (Å²) in [4.78, 5) is 1.29. The molecule has 0 atom stereocenters. The smallest absolute Gasteiger partial charge is 0.0439 e. The Hall–Kier alpha value is -0.510. The van der Waals surface area contributed by atoms with Crippen LogP contribution in [0.5, 0.6) is 0 Å². The first-order valence-electron chi connectivity index (χ1n) is 5.25. The summed E-state index contributed by atoms with van der Waals surface area (Å²) >= 11 is 1.81. The first-order chi connectivity index (χ1) is 7.27. The number of nitrogens with one attached hydrogen (secondary N) is 1. The molecule has 0 amide bonds. The minimum atomic E-state index is 0.282. The van der Waals surface area contributed by atoms with E-state index in [1.807, 2.05) is 7.05 Å². The molecule has 1 rings (SSSR count). The number of aliphatic hydroxyl groups is 1. The Morgan fingerprint density at radius 1 is 1.40 bits per heavy atom. The van der Waals surface area contributed by atoms with Crippen LogP contribution in [0.4, 0.5) is 0 Å². The quantitative estimate of drug-likeness (QED) is 0.575. The van der Waals surface area contributed by atoms with Gasteiger partial charge in [-0.05, 0) is 43.7 Å². The molecule has 0 aromatic heterocycles. The van der Waals surface area contributed by atoms with Crippen LogP contribution in [-0.2, 0) is 6.54 Å². The number of aryl methyl sites for hydroxylation is 1. The van der Waals surface area contributed by atoms with Gasteiger partial charge in [-0.15, -0.1) is 11.8 Å².